The zero-order valence-electron chi connectivity index (χ0n) is 8.91. The van der Waals surface area contributed by atoms with E-state index in [4.69, 9.17) is 15.2 Å². The molecular formula is C9H19NO5. The standard InChI is InChI=1S/C9H19NO5/c1-4(10)3-14-9-8(13)7(12)6(11)5(2)15-9/h4-9,11-13H,3,10H2,1-2H3/t4?,5-,6+,7+,8-,9-/m0/s1. The first-order chi connectivity index (χ1) is 6.93. The third kappa shape index (κ3) is 3.10. The highest BCUT2D eigenvalue weighted by atomic mass is 16.7. The molecule has 0 bridgehead atoms. The van der Waals surface area contributed by atoms with Crippen molar-refractivity contribution in [3.63, 3.8) is 0 Å². The molecule has 0 spiro atoms. The molecular weight excluding hydrogens is 202 g/mol. The van der Waals surface area contributed by atoms with Gasteiger partial charge in [0, 0.05) is 6.04 Å². The molecule has 6 atom stereocenters. The monoisotopic (exact) mass is 221 g/mol. The van der Waals surface area contributed by atoms with Crippen molar-refractivity contribution in [2.24, 2.45) is 5.73 Å². The maximum atomic E-state index is 9.54. The van der Waals surface area contributed by atoms with Crippen LogP contribution in [0.4, 0.5) is 0 Å². The van der Waals surface area contributed by atoms with Crippen molar-refractivity contribution in [1.29, 1.82) is 0 Å². The van der Waals surface area contributed by atoms with Crippen molar-refractivity contribution in [1.82, 2.24) is 0 Å². The van der Waals surface area contributed by atoms with Crippen molar-refractivity contribution in [3.05, 3.63) is 0 Å². The van der Waals surface area contributed by atoms with Crippen LogP contribution in [0.1, 0.15) is 13.8 Å². The summed E-state index contributed by atoms with van der Waals surface area (Å²) in [5, 5.41) is 28.4. The van der Waals surface area contributed by atoms with E-state index in [1.54, 1.807) is 13.8 Å². The SMILES string of the molecule is CC(N)CO[C@H]1O[C@@H](C)[C@@H](O)[C@@H](O)[C@@H]1O. The molecule has 0 radical (unpaired) electrons. The summed E-state index contributed by atoms with van der Waals surface area (Å²) in [6.45, 7) is 3.57. The Labute approximate surface area is 88.6 Å². The Kier molecular flexibility index (Phi) is 4.45. The van der Waals surface area contributed by atoms with Crippen LogP contribution in [0.25, 0.3) is 0 Å². The van der Waals surface area contributed by atoms with Gasteiger partial charge < -0.3 is 30.5 Å². The maximum absolute atomic E-state index is 9.54. The first-order valence-corrected chi connectivity index (χ1v) is 5.00. The Morgan fingerprint density at radius 1 is 1.27 bits per heavy atom. The summed E-state index contributed by atoms with van der Waals surface area (Å²) in [7, 11) is 0. The van der Waals surface area contributed by atoms with Gasteiger partial charge >= 0.3 is 0 Å². The topological polar surface area (TPSA) is 105 Å². The summed E-state index contributed by atoms with van der Waals surface area (Å²) in [5.74, 6) is 0. The van der Waals surface area contributed by atoms with Gasteiger partial charge in [0.05, 0.1) is 12.7 Å². The van der Waals surface area contributed by atoms with Gasteiger partial charge in [-0.05, 0) is 13.8 Å². The van der Waals surface area contributed by atoms with Crippen molar-refractivity contribution in [3.8, 4) is 0 Å². The third-order valence-electron chi connectivity index (χ3n) is 2.33. The van der Waals surface area contributed by atoms with Crippen molar-refractivity contribution < 1.29 is 24.8 Å². The van der Waals surface area contributed by atoms with Gasteiger partial charge in [-0.15, -0.1) is 0 Å². The highest BCUT2D eigenvalue weighted by molar-refractivity contribution is 4.87. The van der Waals surface area contributed by atoms with E-state index in [2.05, 4.69) is 0 Å². The van der Waals surface area contributed by atoms with Gasteiger partial charge in [-0.25, -0.2) is 0 Å². The molecule has 1 rings (SSSR count). The molecule has 90 valence electrons. The number of ether oxygens (including phenoxy) is 2. The first-order valence-electron chi connectivity index (χ1n) is 5.00. The van der Waals surface area contributed by atoms with Crippen LogP contribution in [0.15, 0.2) is 0 Å². The molecule has 6 heteroatoms. The van der Waals surface area contributed by atoms with Gasteiger partial charge in [-0.3, -0.25) is 0 Å². The lowest BCUT2D eigenvalue weighted by Crippen LogP contribution is -2.57. The van der Waals surface area contributed by atoms with Crippen LogP contribution in [-0.4, -0.2) is 58.7 Å². The highest BCUT2D eigenvalue weighted by Crippen LogP contribution is 2.21. The zero-order chi connectivity index (χ0) is 11.6. The van der Waals surface area contributed by atoms with Crippen LogP contribution in [0.2, 0.25) is 0 Å². The normalized spacial score (nSPS) is 44.0. The molecule has 0 aromatic heterocycles. The van der Waals surface area contributed by atoms with E-state index in [0.717, 1.165) is 0 Å². The first kappa shape index (κ1) is 12.8. The molecule has 1 heterocycles. The number of rotatable bonds is 3. The smallest absolute Gasteiger partial charge is 0.186 e. The molecule has 5 N–H and O–H groups in total. The van der Waals surface area contributed by atoms with Crippen LogP contribution in [0.3, 0.4) is 0 Å². The van der Waals surface area contributed by atoms with Gasteiger partial charge in [0.25, 0.3) is 0 Å². The van der Waals surface area contributed by atoms with Crippen LogP contribution in [-0.2, 0) is 9.47 Å². The summed E-state index contributed by atoms with van der Waals surface area (Å²) >= 11 is 0. The minimum absolute atomic E-state index is 0.180. The quantitative estimate of drug-likeness (QED) is 0.447. The second-order valence-electron chi connectivity index (χ2n) is 3.99. The molecule has 1 aliphatic rings. The minimum atomic E-state index is -1.26. The average molecular weight is 221 g/mol. The van der Waals surface area contributed by atoms with Crippen molar-refractivity contribution in [2.75, 3.05) is 6.61 Å². The maximum Gasteiger partial charge on any atom is 0.186 e. The van der Waals surface area contributed by atoms with Gasteiger partial charge in [0.15, 0.2) is 6.29 Å². The Balaban J connectivity index is 2.51. The van der Waals surface area contributed by atoms with E-state index in [-0.39, 0.29) is 12.6 Å². The fourth-order valence-electron chi connectivity index (χ4n) is 1.40. The second kappa shape index (κ2) is 5.20. The van der Waals surface area contributed by atoms with E-state index >= 15 is 0 Å². The lowest BCUT2D eigenvalue weighted by molar-refractivity contribution is -0.293. The molecule has 0 aromatic carbocycles. The van der Waals surface area contributed by atoms with Crippen LogP contribution in [0, 0.1) is 0 Å². The number of hydrogen-bond acceptors (Lipinski definition) is 6. The van der Waals surface area contributed by atoms with E-state index in [9.17, 15) is 15.3 Å². The van der Waals surface area contributed by atoms with Crippen LogP contribution in [0.5, 0.6) is 0 Å². The minimum Gasteiger partial charge on any atom is -0.388 e. The van der Waals surface area contributed by atoms with Crippen LogP contribution >= 0.6 is 0 Å². The molecule has 0 aromatic rings. The Morgan fingerprint density at radius 3 is 2.40 bits per heavy atom. The van der Waals surface area contributed by atoms with Crippen molar-refractivity contribution >= 4 is 0 Å². The fourth-order valence-corrected chi connectivity index (χ4v) is 1.40. The summed E-state index contributed by atoms with van der Waals surface area (Å²) in [6, 6.07) is -0.180. The van der Waals surface area contributed by atoms with E-state index in [1.165, 1.54) is 0 Å². The lowest BCUT2D eigenvalue weighted by atomic mass is 10.0. The fraction of sp³-hybridized carbons (Fsp3) is 1.00. The van der Waals surface area contributed by atoms with Crippen LogP contribution < -0.4 is 5.73 Å². The third-order valence-corrected chi connectivity index (χ3v) is 2.33. The zero-order valence-corrected chi connectivity index (χ0v) is 8.91. The number of aliphatic hydroxyl groups excluding tert-OH is 3. The lowest BCUT2D eigenvalue weighted by Gasteiger charge is -2.39. The van der Waals surface area contributed by atoms with Gasteiger partial charge in [-0.1, -0.05) is 0 Å². The molecule has 1 fully saturated rings. The summed E-state index contributed by atoms with van der Waals surface area (Å²) in [6.07, 6.45) is -5.14. The average Bonchev–Trinajstić information content (AvgIpc) is 2.18. The molecule has 0 saturated carbocycles. The van der Waals surface area contributed by atoms with E-state index in [0.29, 0.717) is 0 Å². The Morgan fingerprint density at radius 2 is 1.87 bits per heavy atom. The predicted octanol–water partition coefficient (Wildman–Crippen LogP) is -1.82. The Hall–Kier alpha value is -0.240. The summed E-state index contributed by atoms with van der Waals surface area (Å²) < 4.78 is 10.4. The van der Waals surface area contributed by atoms with Gasteiger partial charge in [0.2, 0.25) is 0 Å². The number of nitrogens with two attached hydrogens (primary N) is 1. The molecule has 0 aliphatic carbocycles. The highest BCUT2D eigenvalue weighted by Gasteiger charge is 2.42. The summed E-state index contributed by atoms with van der Waals surface area (Å²) in [4.78, 5) is 0. The molecule has 1 aliphatic heterocycles. The molecule has 1 saturated heterocycles. The summed E-state index contributed by atoms with van der Waals surface area (Å²) in [5.41, 5.74) is 5.48. The molecule has 0 amide bonds. The Bertz CT molecular complexity index is 201. The largest absolute Gasteiger partial charge is 0.388 e. The molecule has 15 heavy (non-hydrogen) atoms. The van der Waals surface area contributed by atoms with Crippen molar-refractivity contribution in [2.45, 2.75) is 50.6 Å². The predicted molar refractivity (Wildman–Crippen MR) is 52.0 cm³/mol. The number of hydrogen-bond donors (Lipinski definition) is 4. The second-order valence-corrected chi connectivity index (χ2v) is 3.99. The van der Waals surface area contributed by atoms with Gasteiger partial charge in [-0.2, -0.15) is 0 Å². The molecule has 1 unspecified atom stereocenters. The van der Waals surface area contributed by atoms with Gasteiger partial charge in [0.1, 0.15) is 18.3 Å². The van der Waals surface area contributed by atoms with E-state index < -0.39 is 30.7 Å². The molecule has 6 nitrogen and oxygen atoms in total. The van der Waals surface area contributed by atoms with E-state index in [1.807, 2.05) is 0 Å². The number of aliphatic hydroxyl groups is 3.